The van der Waals surface area contributed by atoms with Crippen molar-refractivity contribution in [3.05, 3.63) is 0 Å². The van der Waals surface area contributed by atoms with E-state index in [-0.39, 0.29) is 18.1 Å². The van der Waals surface area contributed by atoms with Crippen LogP contribution in [0.2, 0.25) is 0 Å². The molecule has 0 amide bonds. The molecule has 0 unspecified atom stereocenters. The van der Waals surface area contributed by atoms with Crippen LogP contribution in [0, 0.1) is 5.92 Å². The highest BCUT2D eigenvalue weighted by Crippen LogP contribution is 2.28. The fourth-order valence-electron chi connectivity index (χ4n) is 1.94. The molecule has 0 spiro atoms. The van der Waals surface area contributed by atoms with Crippen molar-refractivity contribution in [2.45, 2.75) is 18.9 Å². The number of nitrogens with two attached hydrogens (primary N) is 1. The van der Waals surface area contributed by atoms with Crippen molar-refractivity contribution in [2.75, 3.05) is 31.3 Å². The van der Waals surface area contributed by atoms with Gasteiger partial charge in [0, 0.05) is 13.6 Å². The van der Waals surface area contributed by atoms with Crippen LogP contribution in [0.3, 0.4) is 0 Å². The van der Waals surface area contributed by atoms with Crippen LogP contribution in [-0.2, 0) is 0 Å². The molecular formula is C10H17N5O2. The minimum Gasteiger partial charge on any atom is -0.467 e. The lowest BCUT2D eigenvalue weighted by Gasteiger charge is -2.34. The number of anilines is 2. The van der Waals surface area contributed by atoms with E-state index in [2.05, 4.69) is 15.0 Å². The Labute approximate surface area is 99.6 Å². The van der Waals surface area contributed by atoms with Crippen molar-refractivity contribution in [3.8, 4) is 6.01 Å². The molecule has 7 heteroatoms. The number of aliphatic hydroxyl groups is 1. The first-order chi connectivity index (χ1) is 8.08. The molecule has 7 nitrogen and oxygen atoms in total. The zero-order chi connectivity index (χ0) is 12.4. The number of methoxy groups -OCH3 is 1. The van der Waals surface area contributed by atoms with Gasteiger partial charge >= 0.3 is 6.01 Å². The van der Waals surface area contributed by atoms with Crippen LogP contribution in [-0.4, -0.2) is 46.9 Å². The molecule has 1 aromatic heterocycles. The van der Waals surface area contributed by atoms with Crippen LogP contribution in [0.15, 0.2) is 0 Å². The molecule has 0 aromatic carbocycles. The summed E-state index contributed by atoms with van der Waals surface area (Å²) in [4.78, 5) is 13.9. The van der Waals surface area contributed by atoms with Gasteiger partial charge in [0.2, 0.25) is 11.9 Å². The maximum Gasteiger partial charge on any atom is 0.322 e. The van der Waals surface area contributed by atoms with E-state index in [0.717, 1.165) is 19.4 Å². The normalized spacial score (nSPS) is 23.0. The van der Waals surface area contributed by atoms with Crippen molar-refractivity contribution in [1.82, 2.24) is 15.0 Å². The highest BCUT2D eigenvalue weighted by Gasteiger charge is 2.28. The summed E-state index contributed by atoms with van der Waals surface area (Å²) in [6.07, 6.45) is 1.52. The number of aliphatic hydroxyl groups excluding tert-OH is 1. The third-order valence-electron chi connectivity index (χ3n) is 2.89. The van der Waals surface area contributed by atoms with Crippen LogP contribution < -0.4 is 15.4 Å². The zero-order valence-electron chi connectivity index (χ0n) is 10.00. The van der Waals surface area contributed by atoms with Crippen molar-refractivity contribution in [1.29, 1.82) is 0 Å². The maximum atomic E-state index is 9.23. The summed E-state index contributed by atoms with van der Waals surface area (Å²) in [6, 6.07) is 0.216. The van der Waals surface area contributed by atoms with E-state index in [9.17, 15) is 5.11 Å². The molecule has 17 heavy (non-hydrogen) atoms. The Kier molecular flexibility index (Phi) is 3.28. The number of ether oxygens (including phenoxy) is 1. The van der Waals surface area contributed by atoms with Gasteiger partial charge in [0.05, 0.1) is 13.2 Å². The number of nitrogen functional groups attached to an aromatic ring is 1. The molecule has 0 saturated heterocycles. The van der Waals surface area contributed by atoms with Crippen LogP contribution in [0.25, 0.3) is 0 Å². The summed E-state index contributed by atoms with van der Waals surface area (Å²) in [7, 11) is 3.37. The number of hydrogen-bond donors (Lipinski definition) is 2. The topological polar surface area (TPSA) is 97.4 Å². The SMILES string of the molecule is COc1nc(N)nc(N(C)CC2CC(O)C2)n1. The van der Waals surface area contributed by atoms with Crippen LogP contribution in [0.4, 0.5) is 11.9 Å². The predicted octanol–water partition coefficient (Wildman–Crippen LogP) is -0.331. The summed E-state index contributed by atoms with van der Waals surface area (Å²) in [5.74, 6) is 1.13. The van der Waals surface area contributed by atoms with Crippen molar-refractivity contribution >= 4 is 11.9 Å². The lowest BCUT2D eigenvalue weighted by Crippen LogP contribution is -2.37. The fraction of sp³-hybridized carbons (Fsp3) is 0.700. The molecule has 0 aliphatic heterocycles. The first-order valence-corrected chi connectivity index (χ1v) is 5.53. The largest absolute Gasteiger partial charge is 0.467 e. The third kappa shape index (κ3) is 2.73. The minimum atomic E-state index is -0.147. The monoisotopic (exact) mass is 239 g/mol. The zero-order valence-corrected chi connectivity index (χ0v) is 10.00. The van der Waals surface area contributed by atoms with Crippen molar-refractivity contribution < 1.29 is 9.84 Å². The summed E-state index contributed by atoms with van der Waals surface area (Å²) in [6.45, 7) is 0.795. The second kappa shape index (κ2) is 4.70. The van der Waals surface area contributed by atoms with Gasteiger partial charge in [-0.15, -0.1) is 0 Å². The Hall–Kier alpha value is -1.63. The van der Waals surface area contributed by atoms with Gasteiger partial charge in [-0.25, -0.2) is 0 Å². The van der Waals surface area contributed by atoms with Gasteiger partial charge in [-0.1, -0.05) is 0 Å². The Balaban J connectivity index is 2.02. The van der Waals surface area contributed by atoms with Gasteiger partial charge in [0.25, 0.3) is 0 Å². The molecular weight excluding hydrogens is 222 g/mol. The second-order valence-corrected chi connectivity index (χ2v) is 4.35. The number of aromatic nitrogens is 3. The van der Waals surface area contributed by atoms with Gasteiger partial charge < -0.3 is 20.5 Å². The molecule has 94 valence electrons. The molecule has 3 N–H and O–H groups in total. The van der Waals surface area contributed by atoms with E-state index in [4.69, 9.17) is 10.5 Å². The fourth-order valence-corrected chi connectivity index (χ4v) is 1.94. The summed E-state index contributed by atoms with van der Waals surface area (Å²) < 4.78 is 4.94. The standard InChI is InChI=1S/C10H17N5O2/c1-15(5-6-3-7(16)4-6)9-12-8(11)13-10(14-9)17-2/h6-7,16H,3-5H2,1-2H3,(H2,11,12,13,14). The average Bonchev–Trinajstić information content (AvgIpc) is 2.26. The lowest BCUT2D eigenvalue weighted by molar-refractivity contribution is 0.0463. The van der Waals surface area contributed by atoms with Gasteiger partial charge in [-0.2, -0.15) is 15.0 Å². The highest BCUT2D eigenvalue weighted by molar-refractivity contribution is 5.35. The molecule has 0 bridgehead atoms. The molecule has 1 fully saturated rings. The Morgan fingerprint density at radius 2 is 2.12 bits per heavy atom. The summed E-state index contributed by atoms with van der Waals surface area (Å²) in [5.41, 5.74) is 5.56. The molecule has 0 radical (unpaired) electrons. The van der Waals surface area contributed by atoms with E-state index < -0.39 is 0 Å². The van der Waals surface area contributed by atoms with E-state index >= 15 is 0 Å². The van der Waals surface area contributed by atoms with Crippen LogP contribution in [0.1, 0.15) is 12.8 Å². The Bertz CT molecular complexity index is 394. The Morgan fingerprint density at radius 3 is 2.71 bits per heavy atom. The van der Waals surface area contributed by atoms with Gasteiger partial charge in [-0.3, -0.25) is 0 Å². The lowest BCUT2D eigenvalue weighted by atomic mass is 9.82. The molecule has 1 heterocycles. The first kappa shape index (κ1) is 11.8. The van der Waals surface area contributed by atoms with Crippen LogP contribution in [0.5, 0.6) is 6.01 Å². The highest BCUT2D eigenvalue weighted by atomic mass is 16.5. The average molecular weight is 239 g/mol. The van der Waals surface area contributed by atoms with E-state index in [1.807, 2.05) is 11.9 Å². The van der Waals surface area contributed by atoms with Gasteiger partial charge in [0.15, 0.2) is 0 Å². The number of hydrogen-bond acceptors (Lipinski definition) is 7. The van der Waals surface area contributed by atoms with Crippen LogP contribution >= 0.6 is 0 Å². The first-order valence-electron chi connectivity index (χ1n) is 5.53. The molecule has 1 saturated carbocycles. The summed E-state index contributed by atoms with van der Waals surface area (Å²) in [5, 5.41) is 9.23. The van der Waals surface area contributed by atoms with E-state index in [0.29, 0.717) is 11.9 Å². The third-order valence-corrected chi connectivity index (χ3v) is 2.89. The molecule has 2 rings (SSSR count). The van der Waals surface area contributed by atoms with E-state index in [1.165, 1.54) is 7.11 Å². The van der Waals surface area contributed by atoms with Crippen molar-refractivity contribution in [2.24, 2.45) is 5.92 Å². The smallest absolute Gasteiger partial charge is 0.322 e. The Morgan fingerprint density at radius 1 is 1.41 bits per heavy atom. The van der Waals surface area contributed by atoms with E-state index in [1.54, 1.807) is 0 Å². The molecule has 1 aliphatic carbocycles. The summed E-state index contributed by atoms with van der Waals surface area (Å²) >= 11 is 0. The van der Waals surface area contributed by atoms with Gasteiger partial charge in [-0.05, 0) is 18.8 Å². The van der Waals surface area contributed by atoms with Gasteiger partial charge in [0.1, 0.15) is 0 Å². The molecule has 0 atom stereocenters. The maximum absolute atomic E-state index is 9.23. The number of nitrogens with zero attached hydrogens (tertiary/aromatic N) is 4. The quantitative estimate of drug-likeness (QED) is 0.742. The molecule has 1 aliphatic rings. The van der Waals surface area contributed by atoms with Crippen molar-refractivity contribution in [3.63, 3.8) is 0 Å². The number of rotatable bonds is 4. The predicted molar refractivity (Wildman–Crippen MR) is 62.8 cm³/mol. The minimum absolute atomic E-state index is 0.146. The second-order valence-electron chi connectivity index (χ2n) is 4.35. The molecule has 1 aromatic rings.